The first-order valence-corrected chi connectivity index (χ1v) is 4.74. The molecular formula is C5H9N3O2S. The van der Waals surface area contributed by atoms with Crippen LogP contribution in [0.15, 0.2) is 17.6 Å². The highest BCUT2D eigenvalue weighted by atomic mass is 32.2. The minimum atomic E-state index is -3.26. The predicted molar refractivity (Wildman–Crippen MR) is 39.7 cm³/mol. The summed E-state index contributed by atoms with van der Waals surface area (Å²) >= 11 is 0. The Morgan fingerprint density at radius 2 is 2.36 bits per heavy atom. The molecule has 0 bridgehead atoms. The number of aromatic nitrogens is 2. The fraction of sp³-hybridized carbons (Fsp3) is 0.400. The lowest BCUT2D eigenvalue weighted by Gasteiger charge is -1.95. The van der Waals surface area contributed by atoms with Crippen LogP contribution < -0.4 is 5.73 Å². The van der Waals surface area contributed by atoms with E-state index in [0.29, 0.717) is 0 Å². The van der Waals surface area contributed by atoms with E-state index in [9.17, 15) is 8.42 Å². The number of hydrogen-bond donors (Lipinski definition) is 2. The van der Waals surface area contributed by atoms with Crippen LogP contribution in [-0.4, -0.2) is 30.7 Å². The third-order valence-electron chi connectivity index (χ3n) is 1.15. The number of H-pyrrole nitrogens is 1. The molecule has 0 aliphatic carbocycles. The first-order valence-electron chi connectivity index (χ1n) is 3.09. The number of nitrogens with two attached hydrogens (primary N) is 1. The maximum atomic E-state index is 11.1. The summed E-state index contributed by atoms with van der Waals surface area (Å²) in [6, 6.07) is 0. The predicted octanol–water partition coefficient (Wildman–Crippen LogP) is -0.858. The monoisotopic (exact) mass is 175 g/mol. The smallest absolute Gasteiger partial charge is 0.225 e. The van der Waals surface area contributed by atoms with Crippen molar-refractivity contribution in [2.45, 2.75) is 5.16 Å². The number of nitrogens with one attached hydrogen (secondary N) is 1. The molecule has 0 saturated carbocycles. The number of sulfone groups is 1. The molecule has 0 radical (unpaired) electrons. The van der Waals surface area contributed by atoms with Crippen molar-refractivity contribution in [2.24, 2.45) is 5.73 Å². The van der Waals surface area contributed by atoms with Crippen LogP contribution in [0, 0.1) is 0 Å². The van der Waals surface area contributed by atoms with E-state index < -0.39 is 9.84 Å². The van der Waals surface area contributed by atoms with Crippen molar-refractivity contribution < 1.29 is 8.42 Å². The first-order chi connectivity index (χ1) is 5.17. The van der Waals surface area contributed by atoms with Gasteiger partial charge in [0.15, 0.2) is 0 Å². The molecule has 0 fully saturated rings. The molecule has 0 atom stereocenters. The Labute approximate surface area is 64.6 Å². The van der Waals surface area contributed by atoms with Gasteiger partial charge in [-0.3, -0.25) is 0 Å². The molecule has 0 amide bonds. The Kier molecular flexibility index (Phi) is 2.25. The second-order valence-corrected chi connectivity index (χ2v) is 4.03. The average Bonchev–Trinajstić information content (AvgIpc) is 2.37. The van der Waals surface area contributed by atoms with E-state index in [2.05, 4.69) is 9.97 Å². The van der Waals surface area contributed by atoms with Crippen molar-refractivity contribution >= 4 is 9.84 Å². The number of aromatic amines is 1. The zero-order valence-electron chi connectivity index (χ0n) is 5.82. The van der Waals surface area contributed by atoms with Gasteiger partial charge in [-0.1, -0.05) is 0 Å². The topological polar surface area (TPSA) is 88.8 Å². The lowest BCUT2D eigenvalue weighted by atomic mass is 10.8. The van der Waals surface area contributed by atoms with Crippen LogP contribution in [0.2, 0.25) is 0 Å². The van der Waals surface area contributed by atoms with Gasteiger partial charge < -0.3 is 10.7 Å². The summed E-state index contributed by atoms with van der Waals surface area (Å²) in [5.74, 6) is -0.0689. The fourth-order valence-electron chi connectivity index (χ4n) is 0.673. The fourth-order valence-corrected chi connectivity index (χ4v) is 1.65. The molecule has 1 aromatic rings. The van der Waals surface area contributed by atoms with Crippen LogP contribution in [0.5, 0.6) is 0 Å². The molecule has 0 unspecified atom stereocenters. The molecule has 0 saturated heterocycles. The second kappa shape index (κ2) is 3.02. The van der Waals surface area contributed by atoms with E-state index in [4.69, 9.17) is 5.73 Å². The maximum absolute atomic E-state index is 11.1. The quantitative estimate of drug-likeness (QED) is 0.625. The molecule has 0 aliphatic heterocycles. The summed E-state index contributed by atoms with van der Waals surface area (Å²) in [6.07, 6.45) is 2.85. The van der Waals surface area contributed by atoms with Gasteiger partial charge in [0.25, 0.3) is 0 Å². The normalized spacial score (nSPS) is 11.7. The van der Waals surface area contributed by atoms with Crippen molar-refractivity contribution in [3.63, 3.8) is 0 Å². The summed E-state index contributed by atoms with van der Waals surface area (Å²) < 4.78 is 22.2. The van der Waals surface area contributed by atoms with Crippen molar-refractivity contribution in [2.75, 3.05) is 12.3 Å². The molecule has 1 rings (SSSR count). The molecular weight excluding hydrogens is 166 g/mol. The Morgan fingerprint density at radius 1 is 1.64 bits per heavy atom. The minimum Gasteiger partial charge on any atom is -0.336 e. The Hall–Kier alpha value is -0.880. The third-order valence-corrected chi connectivity index (χ3v) is 2.74. The van der Waals surface area contributed by atoms with E-state index in [0.717, 1.165) is 0 Å². The van der Waals surface area contributed by atoms with E-state index >= 15 is 0 Å². The van der Waals surface area contributed by atoms with Crippen molar-refractivity contribution in [3.8, 4) is 0 Å². The van der Waals surface area contributed by atoms with Gasteiger partial charge in [-0.2, -0.15) is 0 Å². The lowest BCUT2D eigenvalue weighted by molar-refractivity contribution is 0.588. The highest BCUT2D eigenvalue weighted by Gasteiger charge is 2.14. The minimum absolute atomic E-state index is 0.0112. The maximum Gasteiger partial charge on any atom is 0.225 e. The van der Waals surface area contributed by atoms with Crippen molar-refractivity contribution in [1.29, 1.82) is 0 Å². The Morgan fingerprint density at radius 3 is 2.82 bits per heavy atom. The van der Waals surface area contributed by atoms with Crippen LogP contribution >= 0.6 is 0 Å². The van der Waals surface area contributed by atoms with Gasteiger partial charge in [0, 0.05) is 18.9 Å². The largest absolute Gasteiger partial charge is 0.336 e. The van der Waals surface area contributed by atoms with Gasteiger partial charge in [0.1, 0.15) is 0 Å². The molecule has 0 spiro atoms. The molecule has 5 nitrogen and oxygen atoms in total. The lowest BCUT2D eigenvalue weighted by Crippen LogP contribution is -2.16. The second-order valence-electron chi connectivity index (χ2n) is 2.00. The zero-order valence-corrected chi connectivity index (χ0v) is 6.63. The van der Waals surface area contributed by atoms with E-state index in [1.807, 2.05) is 0 Å². The summed E-state index contributed by atoms with van der Waals surface area (Å²) in [5.41, 5.74) is 5.10. The summed E-state index contributed by atoms with van der Waals surface area (Å²) in [4.78, 5) is 6.12. The van der Waals surface area contributed by atoms with Crippen LogP contribution in [0.4, 0.5) is 0 Å². The first kappa shape index (κ1) is 8.22. The van der Waals surface area contributed by atoms with Crippen LogP contribution in [0.25, 0.3) is 0 Å². The number of nitrogens with zero attached hydrogens (tertiary/aromatic N) is 1. The molecule has 0 aliphatic rings. The highest BCUT2D eigenvalue weighted by molar-refractivity contribution is 7.91. The highest BCUT2D eigenvalue weighted by Crippen LogP contribution is 2.01. The van der Waals surface area contributed by atoms with Gasteiger partial charge in [0.2, 0.25) is 15.0 Å². The van der Waals surface area contributed by atoms with Crippen molar-refractivity contribution in [1.82, 2.24) is 9.97 Å². The molecule has 62 valence electrons. The van der Waals surface area contributed by atoms with Gasteiger partial charge in [0.05, 0.1) is 5.75 Å². The average molecular weight is 175 g/mol. The standard InChI is InChI=1S/C5H9N3O2S/c6-1-4-11(9,10)5-7-2-3-8-5/h2-3H,1,4,6H2,(H,7,8). The number of hydrogen-bond acceptors (Lipinski definition) is 4. The molecule has 1 heterocycles. The Balaban J connectivity index is 2.92. The molecule has 3 N–H and O–H groups in total. The number of rotatable bonds is 3. The van der Waals surface area contributed by atoms with Gasteiger partial charge >= 0.3 is 0 Å². The molecule has 0 aromatic carbocycles. The van der Waals surface area contributed by atoms with Crippen LogP contribution in [0.1, 0.15) is 0 Å². The van der Waals surface area contributed by atoms with Crippen molar-refractivity contribution in [3.05, 3.63) is 12.4 Å². The van der Waals surface area contributed by atoms with Crippen LogP contribution in [-0.2, 0) is 9.84 Å². The SMILES string of the molecule is NCCS(=O)(=O)c1ncc[nH]1. The summed E-state index contributed by atoms with van der Waals surface area (Å²) in [7, 11) is -3.26. The van der Waals surface area contributed by atoms with Gasteiger partial charge in [-0.25, -0.2) is 13.4 Å². The van der Waals surface area contributed by atoms with E-state index in [-0.39, 0.29) is 17.5 Å². The van der Waals surface area contributed by atoms with E-state index in [1.165, 1.54) is 12.4 Å². The van der Waals surface area contributed by atoms with Gasteiger partial charge in [-0.05, 0) is 0 Å². The molecule has 11 heavy (non-hydrogen) atoms. The third kappa shape index (κ3) is 1.78. The zero-order chi connectivity index (χ0) is 8.32. The Bertz CT molecular complexity index is 302. The molecule has 6 heteroatoms. The molecule has 1 aromatic heterocycles. The van der Waals surface area contributed by atoms with E-state index in [1.54, 1.807) is 0 Å². The van der Waals surface area contributed by atoms with Crippen LogP contribution in [0.3, 0.4) is 0 Å². The summed E-state index contributed by atoms with van der Waals surface area (Å²) in [5, 5.41) is -0.0112. The number of imidazole rings is 1. The summed E-state index contributed by atoms with van der Waals surface area (Å²) in [6.45, 7) is 0.114. The van der Waals surface area contributed by atoms with Gasteiger partial charge in [-0.15, -0.1) is 0 Å².